The summed E-state index contributed by atoms with van der Waals surface area (Å²) >= 11 is 0. The van der Waals surface area contributed by atoms with Crippen molar-refractivity contribution in [1.29, 1.82) is 0 Å². The molecule has 4 atom stereocenters. The van der Waals surface area contributed by atoms with Gasteiger partial charge < -0.3 is 25.5 Å². The van der Waals surface area contributed by atoms with Crippen molar-refractivity contribution in [3.8, 4) is 0 Å². The lowest BCUT2D eigenvalue weighted by Crippen LogP contribution is -2.54. The van der Waals surface area contributed by atoms with E-state index in [0.717, 1.165) is 0 Å². The van der Waals surface area contributed by atoms with Crippen LogP contribution in [0.2, 0.25) is 0 Å². The molecule has 6 heteroatoms. The Morgan fingerprint density at radius 1 is 0.645 bits per heavy atom. The monoisotopic (exact) mass is 422 g/mol. The molecule has 0 heterocycles. The van der Waals surface area contributed by atoms with Crippen molar-refractivity contribution in [2.24, 2.45) is 0 Å². The van der Waals surface area contributed by atoms with Gasteiger partial charge in [0, 0.05) is 0 Å². The second-order valence-electron chi connectivity index (χ2n) is 7.39. The molecule has 6 nitrogen and oxygen atoms in total. The lowest BCUT2D eigenvalue weighted by atomic mass is 9.64. The maximum absolute atomic E-state index is 14.0. The molecule has 3 aromatic carbocycles. The van der Waals surface area contributed by atoms with Crippen LogP contribution in [0.1, 0.15) is 16.7 Å². The summed E-state index contributed by atoms with van der Waals surface area (Å²) in [7, 11) is 0. The van der Waals surface area contributed by atoms with Gasteiger partial charge in [-0.05, 0) is 16.7 Å². The highest BCUT2D eigenvalue weighted by atomic mass is 16.4. The third kappa shape index (κ3) is 4.30. The van der Waals surface area contributed by atoms with E-state index in [0.29, 0.717) is 16.7 Å². The van der Waals surface area contributed by atoms with Gasteiger partial charge in [0.05, 0.1) is 6.61 Å². The van der Waals surface area contributed by atoms with E-state index in [1.807, 2.05) is 0 Å². The third-order valence-electron chi connectivity index (χ3n) is 5.51. The van der Waals surface area contributed by atoms with Crippen molar-refractivity contribution in [1.82, 2.24) is 0 Å². The molecule has 0 saturated carbocycles. The number of carbonyl (C=O) groups is 1. The Bertz CT molecular complexity index is 864. The molecule has 31 heavy (non-hydrogen) atoms. The lowest BCUT2D eigenvalue weighted by Gasteiger charge is -2.37. The summed E-state index contributed by atoms with van der Waals surface area (Å²) in [4.78, 5) is 14.0. The zero-order valence-corrected chi connectivity index (χ0v) is 16.8. The smallest absolute Gasteiger partial charge is 0.183 e. The number of ketones is 1. The number of benzene rings is 3. The molecule has 0 saturated heterocycles. The van der Waals surface area contributed by atoms with Crippen molar-refractivity contribution >= 4 is 5.78 Å². The van der Waals surface area contributed by atoms with Crippen molar-refractivity contribution < 1.29 is 30.3 Å². The predicted octanol–water partition coefficient (Wildman–Crippen LogP) is 1.03. The summed E-state index contributed by atoms with van der Waals surface area (Å²) in [5.41, 5.74) is 0.219. The van der Waals surface area contributed by atoms with Gasteiger partial charge in [-0.3, -0.25) is 4.79 Å². The fraction of sp³-hybridized carbons (Fsp3) is 0.240. The summed E-state index contributed by atoms with van der Waals surface area (Å²) in [6.07, 6.45) is -7.68. The number of hydrogen-bond donors (Lipinski definition) is 5. The quantitative estimate of drug-likeness (QED) is 0.329. The van der Waals surface area contributed by atoms with Crippen LogP contribution in [0.3, 0.4) is 0 Å². The molecule has 0 amide bonds. The minimum Gasteiger partial charge on any atom is -0.394 e. The Balaban J connectivity index is 2.24. The summed E-state index contributed by atoms with van der Waals surface area (Å²) in [5.74, 6) is -0.771. The zero-order chi connectivity index (χ0) is 22.4. The summed E-state index contributed by atoms with van der Waals surface area (Å²) < 4.78 is 0. The number of hydrogen-bond acceptors (Lipinski definition) is 6. The number of Topliss-reactive ketones (excluding diaryl/α,β-unsaturated/α-hetero) is 1. The minimum absolute atomic E-state index is 0.570. The molecule has 0 bridgehead atoms. The van der Waals surface area contributed by atoms with E-state index in [-0.39, 0.29) is 0 Å². The van der Waals surface area contributed by atoms with E-state index in [4.69, 9.17) is 5.11 Å². The van der Waals surface area contributed by atoms with Gasteiger partial charge in [0.15, 0.2) is 5.78 Å². The van der Waals surface area contributed by atoms with E-state index in [1.165, 1.54) is 0 Å². The van der Waals surface area contributed by atoms with E-state index in [1.54, 1.807) is 91.0 Å². The van der Waals surface area contributed by atoms with Crippen LogP contribution in [0, 0.1) is 0 Å². The molecule has 0 fully saturated rings. The lowest BCUT2D eigenvalue weighted by molar-refractivity contribution is -0.149. The second-order valence-corrected chi connectivity index (χ2v) is 7.39. The number of aliphatic hydroxyl groups excluding tert-OH is 5. The van der Waals surface area contributed by atoms with E-state index in [2.05, 4.69) is 0 Å². The number of carbonyl (C=O) groups excluding carboxylic acids is 1. The van der Waals surface area contributed by atoms with Crippen molar-refractivity contribution in [3.05, 3.63) is 108 Å². The van der Waals surface area contributed by atoms with Gasteiger partial charge in [0.25, 0.3) is 0 Å². The maximum atomic E-state index is 14.0. The van der Waals surface area contributed by atoms with Gasteiger partial charge in [-0.1, -0.05) is 91.0 Å². The number of rotatable bonds is 9. The first-order valence-corrected chi connectivity index (χ1v) is 9.98. The van der Waals surface area contributed by atoms with Gasteiger partial charge >= 0.3 is 0 Å². The summed E-state index contributed by atoms with van der Waals surface area (Å²) in [5, 5.41) is 50.2. The molecular weight excluding hydrogens is 396 g/mol. The van der Waals surface area contributed by atoms with Gasteiger partial charge in [0.2, 0.25) is 0 Å². The first kappa shape index (κ1) is 22.8. The average Bonchev–Trinajstić information content (AvgIpc) is 2.84. The van der Waals surface area contributed by atoms with Crippen LogP contribution in [0.25, 0.3) is 0 Å². The Labute approximate surface area is 180 Å². The van der Waals surface area contributed by atoms with Crippen molar-refractivity contribution in [2.45, 2.75) is 29.8 Å². The van der Waals surface area contributed by atoms with Crippen LogP contribution in [-0.4, -0.2) is 62.3 Å². The highest BCUT2D eigenvalue weighted by Gasteiger charge is 2.49. The molecule has 0 aliphatic heterocycles. The van der Waals surface area contributed by atoms with Crippen LogP contribution >= 0.6 is 0 Å². The van der Waals surface area contributed by atoms with Crippen molar-refractivity contribution in [3.63, 3.8) is 0 Å². The van der Waals surface area contributed by atoms with Crippen LogP contribution < -0.4 is 0 Å². The Morgan fingerprint density at radius 2 is 1.00 bits per heavy atom. The van der Waals surface area contributed by atoms with Gasteiger partial charge in [0.1, 0.15) is 29.8 Å². The first-order valence-electron chi connectivity index (χ1n) is 9.98. The molecule has 0 radical (unpaired) electrons. The predicted molar refractivity (Wildman–Crippen MR) is 115 cm³/mol. The zero-order valence-electron chi connectivity index (χ0n) is 16.8. The number of aliphatic hydroxyl groups is 5. The minimum atomic E-state index is -2.04. The molecule has 0 aromatic heterocycles. The van der Waals surface area contributed by atoms with Crippen LogP contribution in [0.15, 0.2) is 91.0 Å². The Hall–Kier alpha value is -2.87. The summed E-state index contributed by atoms with van der Waals surface area (Å²) in [6, 6.07) is 26.6. The third-order valence-corrected chi connectivity index (χ3v) is 5.51. The molecule has 3 aromatic rings. The molecular formula is C25H26O6. The van der Waals surface area contributed by atoms with Gasteiger partial charge in [-0.2, -0.15) is 0 Å². The Kier molecular flexibility index (Phi) is 7.33. The topological polar surface area (TPSA) is 118 Å². The molecule has 0 aliphatic carbocycles. The highest BCUT2D eigenvalue weighted by molar-refractivity contribution is 6.00. The molecule has 0 spiro atoms. The molecule has 3 rings (SSSR count). The summed E-state index contributed by atoms with van der Waals surface area (Å²) in [6.45, 7) is -0.833. The van der Waals surface area contributed by atoms with E-state index < -0.39 is 42.2 Å². The van der Waals surface area contributed by atoms with Crippen LogP contribution in [0.5, 0.6) is 0 Å². The fourth-order valence-corrected chi connectivity index (χ4v) is 3.89. The average molecular weight is 422 g/mol. The Morgan fingerprint density at radius 3 is 1.32 bits per heavy atom. The normalized spacial score (nSPS) is 15.6. The van der Waals surface area contributed by atoms with E-state index >= 15 is 0 Å². The fourth-order valence-electron chi connectivity index (χ4n) is 3.89. The molecule has 162 valence electrons. The highest BCUT2D eigenvalue weighted by Crippen LogP contribution is 2.41. The van der Waals surface area contributed by atoms with Crippen LogP contribution in [-0.2, 0) is 10.2 Å². The van der Waals surface area contributed by atoms with Crippen molar-refractivity contribution in [2.75, 3.05) is 6.61 Å². The standard InChI is InChI=1S/C25H26O6/c26-16-20(27)21(28)22(29)23(30)24(31)25(17-10-4-1-5-11-17,18-12-6-2-7-13-18)19-14-8-3-9-15-19/h1-15,20-23,26-30H,16H2/t20-,21-,22+,23-/m1/s1. The van der Waals surface area contributed by atoms with Gasteiger partial charge in [-0.25, -0.2) is 0 Å². The maximum Gasteiger partial charge on any atom is 0.183 e. The first-order chi connectivity index (χ1) is 14.9. The van der Waals surface area contributed by atoms with Gasteiger partial charge in [-0.15, -0.1) is 0 Å². The molecule has 5 N–H and O–H groups in total. The van der Waals surface area contributed by atoms with E-state index in [9.17, 15) is 25.2 Å². The molecule has 0 aliphatic rings. The largest absolute Gasteiger partial charge is 0.394 e. The molecule has 0 unspecified atom stereocenters. The SMILES string of the molecule is O=C([C@H](O)[C@@H](O)[C@H](O)[C@H](O)CO)C(c1ccccc1)(c1ccccc1)c1ccccc1. The van der Waals surface area contributed by atoms with Crippen LogP contribution in [0.4, 0.5) is 0 Å². The second kappa shape index (κ2) is 9.96.